The van der Waals surface area contributed by atoms with Crippen molar-refractivity contribution in [3.05, 3.63) is 65.0 Å². The average Bonchev–Trinajstić information content (AvgIpc) is 3.66. The van der Waals surface area contributed by atoms with Gasteiger partial charge in [0.15, 0.2) is 0 Å². The standard InChI is InChI=1S/C16H20N2O.C16H20N2/c1-19-15-6-2-5-14-16(15)12-10-11-4-3-8-18(11)9-7-13(12)17-14;1-17-15-7-3-2-6-13(15)14-11-12-5-4-9-18(12)10-8-16(14)17/h2,5-6,11,17H,3-4,7-10H2,1H3;2-3,6-7,12H,4-5,8-11H2,1H3. The molecule has 2 saturated heterocycles. The van der Waals surface area contributed by atoms with E-state index in [4.69, 9.17) is 4.74 Å². The highest BCUT2D eigenvalue weighted by atomic mass is 16.5. The minimum Gasteiger partial charge on any atom is -0.496 e. The van der Waals surface area contributed by atoms with Gasteiger partial charge in [-0.25, -0.2) is 0 Å². The number of ether oxygens (including phenoxy) is 1. The van der Waals surface area contributed by atoms with Gasteiger partial charge in [-0.05, 0) is 80.9 Å². The van der Waals surface area contributed by atoms with Crippen LogP contribution in [0.3, 0.4) is 0 Å². The summed E-state index contributed by atoms with van der Waals surface area (Å²) in [5.74, 6) is 1.02. The minimum absolute atomic E-state index is 0.741. The zero-order chi connectivity index (χ0) is 24.9. The number of benzene rings is 2. The number of hydrogen-bond donors (Lipinski definition) is 1. The number of fused-ring (bicyclic) bond motifs is 8. The monoisotopic (exact) mass is 496 g/mol. The molecule has 2 fully saturated rings. The predicted octanol–water partition coefficient (Wildman–Crippen LogP) is 5.48. The van der Waals surface area contributed by atoms with E-state index in [1.54, 1.807) is 18.4 Å². The number of rotatable bonds is 1. The fraction of sp³-hybridized carbons (Fsp3) is 0.500. The molecule has 5 heteroatoms. The molecule has 0 radical (unpaired) electrons. The first-order chi connectivity index (χ1) is 18.2. The molecule has 2 aromatic carbocycles. The highest BCUT2D eigenvalue weighted by molar-refractivity contribution is 5.91. The van der Waals surface area contributed by atoms with Crippen molar-refractivity contribution in [1.29, 1.82) is 0 Å². The van der Waals surface area contributed by atoms with Gasteiger partial charge in [0.1, 0.15) is 5.75 Å². The van der Waals surface area contributed by atoms with E-state index < -0.39 is 0 Å². The molecule has 194 valence electrons. The summed E-state index contributed by atoms with van der Waals surface area (Å²) in [6.45, 7) is 5.05. The molecular weight excluding hydrogens is 456 g/mol. The molecule has 0 aliphatic carbocycles. The number of aromatic amines is 1. The molecule has 1 N–H and O–H groups in total. The molecule has 0 spiro atoms. The molecule has 0 amide bonds. The van der Waals surface area contributed by atoms with Crippen LogP contribution in [-0.2, 0) is 32.7 Å². The maximum absolute atomic E-state index is 5.57. The Morgan fingerprint density at radius 3 is 2.32 bits per heavy atom. The fourth-order valence-electron chi connectivity index (χ4n) is 7.83. The van der Waals surface area contributed by atoms with Crippen LogP contribution in [0, 0.1) is 0 Å². The summed E-state index contributed by atoms with van der Waals surface area (Å²) in [5, 5.41) is 2.80. The molecule has 0 bridgehead atoms. The van der Waals surface area contributed by atoms with Crippen molar-refractivity contribution in [3.63, 3.8) is 0 Å². The Hall–Kier alpha value is -2.76. The maximum Gasteiger partial charge on any atom is 0.128 e. The molecule has 4 aliphatic heterocycles. The third kappa shape index (κ3) is 3.98. The Morgan fingerprint density at radius 2 is 1.54 bits per heavy atom. The first kappa shape index (κ1) is 23.4. The summed E-state index contributed by atoms with van der Waals surface area (Å²) in [7, 11) is 4.00. The smallest absolute Gasteiger partial charge is 0.128 e. The fourth-order valence-corrected chi connectivity index (χ4v) is 7.83. The molecule has 0 saturated carbocycles. The Balaban J connectivity index is 0.000000125. The molecule has 4 aliphatic rings. The summed E-state index contributed by atoms with van der Waals surface area (Å²) < 4.78 is 7.99. The van der Waals surface area contributed by atoms with Crippen LogP contribution in [0.15, 0.2) is 42.5 Å². The van der Waals surface area contributed by atoms with E-state index in [0.717, 1.165) is 24.3 Å². The third-order valence-corrected chi connectivity index (χ3v) is 9.70. The Kier molecular flexibility index (Phi) is 6.01. The number of aromatic nitrogens is 2. The van der Waals surface area contributed by atoms with Crippen molar-refractivity contribution in [2.24, 2.45) is 7.05 Å². The summed E-state index contributed by atoms with van der Waals surface area (Å²) in [6.07, 6.45) is 10.3. The van der Waals surface area contributed by atoms with E-state index in [1.807, 2.05) is 0 Å². The van der Waals surface area contributed by atoms with Crippen molar-refractivity contribution in [2.45, 2.75) is 63.5 Å². The number of H-pyrrole nitrogens is 1. The van der Waals surface area contributed by atoms with E-state index in [2.05, 4.69) is 68.9 Å². The van der Waals surface area contributed by atoms with Gasteiger partial charge in [0.05, 0.1) is 7.11 Å². The number of aryl methyl sites for hydroxylation is 1. The first-order valence-electron chi connectivity index (χ1n) is 14.4. The lowest BCUT2D eigenvalue weighted by Crippen LogP contribution is -2.30. The second-order valence-electron chi connectivity index (χ2n) is 11.5. The van der Waals surface area contributed by atoms with E-state index >= 15 is 0 Å². The van der Waals surface area contributed by atoms with Gasteiger partial charge < -0.3 is 14.3 Å². The van der Waals surface area contributed by atoms with Crippen LogP contribution in [0.5, 0.6) is 5.75 Å². The summed E-state index contributed by atoms with van der Waals surface area (Å²) >= 11 is 0. The highest BCUT2D eigenvalue weighted by Gasteiger charge is 2.31. The Labute approximate surface area is 220 Å². The van der Waals surface area contributed by atoms with Gasteiger partial charge in [-0.15, -0.1) is 0 Å². The van der Waals surface area contributed by atoms with Crippen LogP contribution in [0.2, 0.25) is 0 Å². The topological polar surface area (TPSA) is 36.4 Å². The molecule has 6 heterocycles. The van der Waals surface area contributed by atoms with Crippen LogP contribution >= 0.6 is 0 Å². The minimum atomic E-state index is 0.741. The zero-order valence-corrected chi connectivity index (χ0v) is 22.4. The Bertz CT molecular complexity index is 1430. The number of hydrogen-bond acceptors (Lipinski definition) is 3. The van der Waals surface area contributed by atoms with Crippen LogP contribution in [0.1, 0.15) is 48.2 Å². The van der Waals surface area contributed by atoms with Crippen molar-refractivity contribution in [3.8, 4) is 5.75 Å². The van der Waals surface area contributed by atoms with Gasteiger partial charge in [0.25, 0.3) is 0 Å². The van der Waals surface area contributed by atoms with E-state index in [-0.39, 0.29) is 0 Å². The van der Waals surface area contributed by atoms with E-state index in [1.165, 1.54) is 104 Å². The quantitative estimate of drug-likeness (QED) is 0.379. The number of para-hydroxylation sites is 1. The molecule has 37 heavy (non-hydrogen) atoms. The van der Waals surface area contributed by atoms with Crippen LogP contribution in [0.25, 0.3) is 21.8 Å². The summed E-state index contributed by atoms with van der Waals surface area (Å²) in [6, 6.07) is 16.8. The largest absolute Gasteiger partial charge is 0.496 e. The van der Waals surface area contributed by atoms with Crippen molar-refractivity contribution < 1.29 is 4.74 Å². The summed E-state index contributed by atoms with van der Waals surface area (Å²) in [5.41, 5.74) is 8.77. The SMILES string of the molecule is COc1cccc2[nH]c3c(c12)CC1CCCN1CC3.Cn1c2c(c3ccccc31)CC1CCCN1CC2. The van der Waals surface area contributed by atoms with Crippen molar-refractivity contribution in [2.75, 3.05) is 33.3 Å². The average molecular weight is 497 g/mol. The molecule has 2 aromatic heterocycles. The lowest BCUT2D eigenvalue weighted by molar-refractivity contribution is 0.263. The lowest BCUT2D eigenvalue weighted by Gasteiger charge is -2.21. The van der Waals surface area contributed by atoms with Gasteiger partial charge in [-0.3, -0.25) is 9.80 Å². The summed E-state index contributed by atoms with van der Waals surface area (Å²) in [4.78, 5) is 8.98. The second-order valence-corrected chi connectivity index (χ2v) is 11.5. The zero-order valence-electron chi connectivity index (χ0n) is 22.4. The first-order valence-corrected chi connectivity index (χ1v) is 14.4. The van der Waals surface area contributed by atoms with Crippen molar-refractivity contribution >= 4 is 21.8 Å². The Morgan fingerprint density at radius 1 is 0.811 bits per heavy atom. The van der Waals surface area contributed by atoms with Gasteiger partial charge in [-0.1, -0.05) is 24.3 Å². The van der Waals surface area contributed by atoms with Gasteiger partial charge in [0, 0.05) is 78.3 Å². The highest BCUT2D eigenvalue weighted by Crippen LogP contribution is 2.36. The number of methoxy groups -OCH3 is 1. The third-order valence-electron chi connectivity index (χ3n) is 9.70. The normalized spacial score (nSPS) is 23.5. The van der Waals surface area contributed by atoms with Crippen LogP contribution in [0.4, 0.5) is 0 Å². The maximum atomic E-state index is 5.57. The van der Waals surface area contributed by atoms with Crippen molar-refractivity contribution in [1.82, 2.24) is 19.4 Å². The molecule has 5 nitrogen and oxygen atoms in total. The molecular formula is C32H40N4O. The lowest BCUT2D eigenvalue weighted by atomic mass is 10.0. The van der Waals surface area contributed by atoms with Crippen LogP contribution in [-0.4, -0.2) is 64.7 Å². The number of nitrogens with zero attached hydrogens (tertiary/aromatic N) is 3. The molecule has 4 aromatic rings. The molecule has 8 rings (SSSR count). The van der Waals surface area contributed by atoms with Gasteiger partial charge in [0.2, 0.25) is 0 Å². The predicted molar refractivity (Wildman–Crippen MR) is 152 cm³/mol. The van der Waals surface area contributed by atoms with Gasteiger partial charge >= 0.3 is 0 Å². The van der Waals surface area contributed by atoms with E-state index in [9.17, 15) is 0 Å². The van der Waals surface area contributed by atoms with Gasteiger partial charge in [-0.2, -0.15) is 0 Å². The molecule has 2 atom stereocenters. The van der Waals surface area contributed by atoms with E-state index in [0.29, 0.717) is 0 Å². The van der Waals surface area contributed by atoms with Crippen LogP contribution < -0.4 is 4.74 Å². The number of nitrogens with one attached hydrogen (secondary N) is 1. The second kappa shape index (κ2) is 9.52. The molecule has 2 unspecified atom stereocenters.